The first kappa shape index (κ1) is 16.1. The third-order valence-electron chi connectivity index (χ3n) is 4.10. The van der Waals surface area contributed by atoms with Gasteiger partial charge in [0, 0.05) is 24.0 Å². The van der Waals surface area contributed by atoms with E-state index < -0.39 is 0 Å². The standard InChI is InChI=1S/C15H22ClN3O2/c1-10-4-6-19(14(10)9-20)7-5-15(21)18-13-8-11(16)2-3-12(13)17/h2-3,8,10,14,20H,4-7,9,17H2,1H3,(H,18,21). The van der Waals surface area contributed by atoms with Gasteiger partial charge in [-0.2, -0.15) is 0 Å². The van der Waals surface area contributed by atoms with E-state index in [2.05, 4.69) is 17.1 Å². The minimum absolute atomic E-state index is 0.0970. The van der Waals surface area contributed by atoms with Gasteiger partial charge >= 0.3 is 0 Å². The van der Waals surface area contributed by atoms with Gasteiger partial charge in [-0.3, -0.25) is 9.69 Å². The number of carbonyl (C=O) groups is 1. The Bertz CT molecular complexity index is 510. The van der Waals surface area contributed by atoms with Gasteiger partial charge in [0.05, 0.1) is 18.0 Å². The topological polar surface area (TPSA) is 78.6 Å². The van der Waals surface area contributed by atoms with Gasteiger partial charge in [-0.1, -0.05) is 18.5 Å². The van der Waals surface area contributed by atoms with Crippen molar-refractivity contribution in [3.63, 3.8) is 0 Å². The molecule has 116 valence electrons. The van der Waals surface area contributed by atoms with E-state index in [-0.39, 0.29) is 18.6 Å². The van der Waals surface area contributed by atoms with Crippen molar-refractivity contribution >= 4 is 28.9 Å². The van der Waals surface area contributed by atoms with E-state index in [0.717, 1.165) is 13.0 Å². The Kier molecular flexibility index (Phi) is 5.45. The maximum absolute atomic E-state index is 12.0. The molecule has 6 heteroatoms. The molecule has 2 atom stereocenters. The Hall–Kier alpha value is -1.30. The zero-order valence-electron chi connectivity index (χ0n) is 12.2. The number of rotatable bonds is 5. The number of carbonyl (C=O) groups excluding carboxylic acids is 1. The molecule has 4 N–H and O–H groups in total. The summed E-state index contributed by atoms with van der Waals surface area (Å²) in [5.41, 5.74) is 6.84. The van der Waals surface area contributed by atoms with Gasteiger partial charge in [-0.25, -0.2) is 0 Å². The highest BCUT2D eigenvalue weighted by molar-refractivity contribution is 6.31. The number of amides is 1. The second-order valence-electron chi connectivity index (χ2n) is 5.58. The van der Waals surface area contributed by atoms with E-state index in [0.29, 0.717) is 35.3 Å². The monoisotopic (exact) mass is 311 g/mol. The lowest BCUT2D eigenvalue weighted by molar-refractivity contribution is -0.116. The Morgan fingerprint density at radius 2 is 2.33 bits per heavy atom. The number of anilines is 2. The van der Waals surface area contributed by atoms with Crippen molar-refractivity contribution in [2.24, 2.45) is 5.92 Å². The zero-order valence-corrected chi connectivity index (χ0v) is 12.9. The number of aliphatic hydroxyl groups excluding tert-OH is 1. The van der Waals surface area contributed by atoms with Crippen molar-refractivity contribution in [2.75, 3.05) is 30.7 Å². The summed E-state index contributed by atoms with van der Waals surface area (Å²) in [7, 11) is 0. The predicted molar refractivity (Wildman–Crippen MR) is 85.3 cm³/mol. The number of nitrogens with two attached hydrogens (primary N) is 1. The van der Waals surface area contributed by atoms with Crippen molar-refractivity contribution in [3.05, 3.63) is 23.2 Å². The van der Waals surface area contributed by atoms with Gasteiger partial charge in [-0.15, -0.1) is 0 Å². The molecule has 0 saturated carbocycles. The van der Waals surface area contributed by atoms with Crippen LogP contribution >= 0.6 is 11.6 Å². The number of hydrogen-bond acceptors (Lipinski definition) is 4. The van der Waals surface area contributed by atoms with Crippen LogP contribution in [-0.4, -0.2) is 41.7 Å². The highest BCUT2D eigenvalue weighted by atomic mass is 35.5. The number of nitrogens with zero attached hydrogens (tertiary/aromatic N) is 1. The van der Waals surface area contributed by atoms with Gasteiger partial charge in [0.25, 0.3) is 0 Å². The predicted octanol–water partition coefficient (Wildman–Crippen LogP) is 1.95. The first-order chi connectivity index (χ1) is 10.0. The molecule has 2 unspecified atom stereocenters. The molecule has 0 spiro atoms. The summed E-state index contributed by atoms with van der Waals surface area (Å²) in [6, 6.07) is 5.16. The molecular weight excluding hydrogens is 290 g/mol. The number of nitrogen functional groups attached to an aromatic ring is 1. The maximum Gasteiger partial charge on any atom is 0.225 e. The van der Waals surface area contributed by atoms with Crippen molar-refractivity contribution in [1.82, 2.24) is 4.90 Å². The number of aliphatic hydroxyl groups is 1. The van der Waals surface area contributed by atoms with Gasteiger partial charge < -0.3 is 16.2 Å². The number of likely N-dealkylation sites (tertiary alicyclic amines) is 1. The van der Waals surface area contributed by atoms with Crippen molar-refractivity contribution in [2.45, 2.75) is 25.8 Å². The van der Waals surface area contributed by atoms with Crippen LogP contribution in [0.1, 0.15) is 19.8 Å². The fourth-order valence-electron chi connectivity index (χ4n) is 2.76. The lowest BCUT2D eigenvalue weighted by Crippen LogP contribution is -2.37. The normalized spacial score (nSPS) is 22.4. The van der Waals surface area contributed by atoms with Crippen molar-refractivity contribution < 1.29 is 9.90 Å². The average Bonchev–Trinajstić information content (AvgIpc) is 2.81. The van der Waals surface area contributed by atoms with Crippen LogP contribution in [0.4, 0.5) is 11.4 Å². The van der Waals surface area contributed by atoms with E-state index in [1.807, 2.05) is 0 Å². The van der Waals surface area contributed by atoms with E-state index >= 15 is 0 Å². The summed E-state index contributed by atoms with van der Waals surface area (Å²) in [4.78, 5) is 14.2. The number of benzene rings is 1. The van der Waals surface area contributed by atoms with E-state index in [4.69, 9.17) is 17.3 Å². The molecule has 1 aromatic carbocycles. The highest BCUT2D eigenvalue weighted by Crippen LogP contribution is 2.25. The molecule has 1 aromatic rings. The fraction of sp³-hybridized carbons (Fsp3) is 0.533. The highest BCUT2D eigenvalue weighted by Gasteiger charge is 2.30. The molecule has 1 aliphatic heterocycles. The molecular formula is C15H22ClN3O2. The third-order valence-corrected chi connectivity index (χ3v) is 4.34. The molecule has 21 heavy (non-hydrogen) atoms. The summed E-state index contributed by atoms with van der Waals surface area (Å²) >= 11 is 5.89. The molecule has 0 bridgehead atoms. The van der Waals surface area contributed by atoms with Crippen molar-refractivity contribution in [3.8, 4) is 0 Å². The molecule has 1 saturated heterocycles. The smallest absolute Gasteiger partial charge is 0.225 e. The Morgan fingerprint density at radius 1 is 1.57 bits per heavy atom. The largest absolute Gasteiger partial charge is 0.397 e. The van der Waals surface area contributed by atoms with Gasteiger partial charge in [0.1, 0.15) is 0 Å². The molecule has 1 heterocycles. The van der Waals surface area contributed by atoms with Crippen LogP contribution in [0, 0.1) is 5.92 Å². The van der Waals surface area contributed by atoms with Crippen LogP contribution in [0.5, 0.6) is 0 Å². The number of nitrogens with one attached hydrogen (secondary N) is 1. The second-order valence-corrected chi connectivity index (χ2v) is 6.02. The van der Waals surface area contributed by atoms with Crippen LogP contribution in [0.3, 0.4) is 0 Å². The van der Waals surface area contributed by atoms with E-state index in [1.165, 1.54) is 0 Å². The SMILES string of the molecule is CC1CCN(CCC(=O)Nc2cc(Cl)ccc2N)C1CO. The minimum atomic E-state index is -0.0970. The Morgan fingerprint density at radius 3 is 3.05 bits per heavy atom. The molecule has 1 amide bonds. The summed E-state index contributed by atoms with van der Waals surface area (Å²) in [5, 5.41) is 12.7. The second kappa shape index (κ2) is 7.11. The van der Waals surface area contributed by atoms with Crippen LogP contribution in [0.25, 0.3) is 0 Å². The number of halogens is 1. The van der Waals surface area contributed by atoms with Crippen LogP contribution in [-0.2, 0) is 4.79 Å². The minimum Gasteiger partial charge on any atom is -0.397 e. The quantitative estimate of drug-likeness (QED) is 0.726. The van der Waals surface area contributed by atoms with Crippen LogP contribution in [0.2, 0.25) is 5.02 Å². The Balaban J connectivity index is 1.86. The van der Waals surface area contributed by atoms with Gasteiger partial charge in [0.2, 0.25) is 5.91 Å². The number of hydrogen-bond donors (Lipinski definition) is 3. The molecule has 5 nitrogen and oxygen atoms in total. The molecule has 1 fully saturated rings. The zero-order chi connectivity index (χ0) is 15.4. The molecule has 0 aromatic heterocycles. The van der Waals surface area contributed by atoms with Crippen LogP contribution < -0.4 is 11.1 Å². The lowest BCUT2D eigenvalue weighted by atomic mass is 10.0. The van der Waals surface area contributed by atoms with Crippen LogP contribution in [0.15, 0.2) is 18.2 Å². The average molecular weight is 312 g/mol. The van der Waals surface area contributed by atoms with Gasteiger partial charge in [-0.05, 0) is 37.1 Å². The van der Waals surface area contributed by atoms with E-state index in [1.54, 1.807) is 18.2 Å². The summed E-state index contributed by atoms with van der Waals surface area (Å²) in [6.07, 6.45) is 1.43. The molecule has 1 aliphatic rings. The first-order valence-corrected chi connectivity index (χ1v) is 7.59. The summed E-state index contributed by atoms with van der Waals surface area (Å²) in [6.45, 7) is 3.85. The van der Waals surface area contributed by atoms with E-state index in [9.17, 15) is 9.90 Å². The lowest BCUT2D eigenvalue weighted by Gasteiger charge is -2.24. The Labute approximate surface area is 130 Å². The van der Waals surface area contributed by atoms with Crippen molar-refractivity contribution in [1.29, 1.82) is 0 Å². The maximum atomic E-state index is 12.0. The molecule has 0 radical (unpaired) electrons. The van der Waals surface area contributed by atoms with Gasteiger partial charge in [0.15, 0.2) is 0 Å². The molecule has 2 rings (SSSR count). The summed E-state index contributed by atoms with van der Waals surface area (Å²) in [5.74, 6) is 0.377. The first-order valence-electron chi connectivity index (χ1n) is 7.21. The fourth-order valence-corrected chi connectivity index (χ4v) is 2.93. The third kappa shape index (κ3) is 4.09. The summed E-state index contributed by atoms with van der Waals surface area (Å²) < 4.78 is 0. The molecule has 0 aliphatic carbocycles.